The number of methoxy groups -OCH3 is 1. The molecule has 8 heteroatoms. The third-order valence-electron chi connectivity index (χ3n) is 2.84. The number of nitrogens with one attached hydrogen (secondary N) is 2. The number of nitrogens with zero attached hydrogens (tertiary/aromatic N) is 1. The lowest BCUT2D eigenvalue weighted by molar-refractivity contribution is -0.122. The maximum atomic E-state index is 11.1. The predicted octanol–water partition coefficient (Wildman–Crippen LogP) is -0.0468. The Labute approximate surface area is 138 Å². The first kappa shape index (κ1) is 23.8. The Morgan fingerprint density at radius 3 is 2.43 bits per heavy atom. The average Bonchev–Trinajstić information content (AvgIpc) is 2.50. The molecule has 1 amide bonds. The monoisotopic (exact) mass is 333 g/mol. The number of hydrogen-bond donors (Lipinski definition) is 3. The van der Waals surface area contributed by atoms with Gasteiger partial charge in [-0.15, -0.1) is 0 Å². The van der Waals surface area contributed by atoms with Gasteiger partial charge in [-0.05, 0) is 14.0 Å². The highest BCUT2D eigenvalue weighted by molar-refractivity contribution is 5.87. The summed E-state index contributed by atoms with van der Waals surface area (Å²) < 4.78 is 4.81. The van der Waals surface area contributed by atoms with Crippen molar-refractivity contribution in [2.75, 3.05) is 41.0 Å². The largest absolute Gasteiger partial charge is 0.399 e. The molecule has 1 atom stereocenters. The van der Waals surface area contributed by atoms with Crippen molar-refractivity contribution in [1.29, 1.82) is 0 Å². The minimum absolute atomic E-state index is 0.0139. The van der Waals surface area contributed by atoms with E-state index in [1.165, 1.54) is 7.11 Å². The molecule has 0 fully saturated rings. The molecule has 0 spiro atoms. The molecule has 0 radical (unpaired) electrons. The number of carbonyl (C=O) groups is 2. The molecule has 0 aliphatic heterocycles. The summed E-state index contributed by atoms with van der Waals surface area (Å²) in [5.74, 6) is 0.0139. The van der Waals surface area contributed by atoms with Gasteiger partial charge in [-0.2, -0.15) is 0 Å². The fourth-order valence-electron chi connectivity index (χ4n) is 1.38. The lowest BCUT2D eigenvalue weighted by Gasteiger charge is -2.25. The molecule has 0 aliphatic rings. The molecule has 0 heterocycles. The van der Waals surface area contributed by atoms with Crippen LogP contribution in [0.4, 0.5) is 0 Å². The highest BCUT2D eigenvalue weighted by atomic mass is 16.6. The number of amides is 1. The number of rotatable bonds is 10. The zero-order chi connectivity index (χ0) is 18.3. The van der Waals surface area contributed by atoms with Crippen molar-refractivity contribution in [3.8, 4) is 0 Å². The maximum Gasteiger partial charge on any atom is 0.221 e. The molecule has 0 aromatic heterocycles. The summed E-state index contributed by atoms with van der Waals surface area (Å²) in [6.45, 7) is 6.85. The minimum atomic E-state index is -0.938. The van der Waals surface area contributed by atoms with E-state index in [1.54, 1.807) is 27.9 Å². The van der Waals surface area contributed by atoms with Crippen molar-refractivity contribution in [3.63, 3.8) is 0 Å². The summed E-state index contributed by atoms with van der Waals surface area (Å²) in [5.41, 5.74) is 0.275. The van der Waals surface area contributed by atoms with Crippen molar-refractivity contribution in [2.45, 2.75) is 33.3 Å². The number of oxime groups is 1. The van der Waals surface area contributed by atoms with Gasteiger partial charge in [0, 0.05) is 25.5 Å². The highest BCUT2D eigenvalue weighted by Crippen LogP contribution is 2.18. The van der Waals surface area contributed by atoms with E-state index in [2.05, 4.69) is 20.6 Å². The summed E-state index contributed by atoms with van der Waals surface area (Å²) in [6.07, 6.45) is 0.0722. The second-order valence-electron chi connectivity index (χ2n) is 5.64. The first-order valence-corrected chi connectivity index (χ1v) is 7.35. The van der Waals surface area contributed by atoms with Gasteiger partial charge in [0.2, 0.25) is 5.91 Å². The van der Waals surface area contributed by atoms with Crippen LogP contribution < -0.4 is 10.6 Å². The molecule has 0 aromatic carbocycles. The Morgan fingerprint density at radius 1 is 1.39 bits per heavy atom. The van der Waals surface area contributed by atoms with Crippen LogP contribution in [-0.2, 0) is 19.2 Å². The lowest BCUT2D eigenvalue weighted by atomic mass is 9.88. The van der Waals surface area contributed by atoms with Crippen LogP contribution in [0.15, 0.2) is 5.16 Å². The van der Waals surface area contributed by atoms with Gasteiger partial charge >= 0.3 is 0 Å². The van der Waals surface area contributed by atoms with Crippen LogP contribution in [0.2, 0.25) is 0 Å². The van der Waals surface area contributed by atoms with Gasteiger partial charge in [0.05, 0.1) is 18.9 Å². The van der Waals surface area contributed by atoms with Crippen molar-refractivity contribution in [1.82, 2.24) is 10.6 Å². The molecule has 136 valence electrons. The summed E-state index contributed by atoms with van der Waals surface area (Å²) in [4.78, 5) is 25.7. The second-order valence-corrected chi connectivity index (χ2v) is 5.64. The van der Waals surface area contributed by atoms with Gasteiger partial charge < -0.3 is 30.1 Å². The number of aliphatic hydroxyl groups excluding tert-OH is 1. The number of aliphatic hydroxyl groups is 1. The molecular weight excluding hydrogens is 302 g/mol. The van der Waals surface area contributed by atoms with E-state index >= 15 is 0 Å². The molecule has 0 bridgehead atoms. The minimum Gasteiger partial charge on any atom is -0.399 e. The van der Waals surface area contributed by atoms with Gasteiger partial charge in [-0.1, -0.05) is 19.0 Å². The Bertz CT molecular complexity index is 359. The Morgan fingerprint density at radius 2 is 2.00 bits per heavy atom. The topological polar surface area (TPSA) is 109 Å². The van der Waals surface area contributed by atoms with Gasteiger partial charge in [-0.25, -0.2) is 0 Å². The fraction of sp³-hybridized carbons (Fsp3) is 0.800. The molecule has 0 rings (SSSR count). The van der Waals surface area contributed by atoms with Crippen molar-refractivity contribution in [2.24, 2.45) is 10.6 Å². The van der Waals surface area contributed by atoms with E-state index in [1.807, 2.05) is 7.05 Å². The van der Waals surface area contributed by atoms with Crippen molar-refractivity contribution >= 4 is 17.9 Å². The van der Waals surface area contributed by atoms with Crippen LogP contribution in [0.3, 0.4) is 0 Å². The van der Waals surface area contributed by atoms with Gasteiger partial charge in [0.25, 0.3) is 0 Å². The molecule has 0 saturated carbocycles. The summed E-state index contributed by atoms with van der Waals surface area (Å²) in [7, 11) is 4.83. The smallest absolute Gasteiger partial charge is 0.221 e. The summed E-state index contributed by atoms with van der Waals surface area (Å²) in [5, 5.41) is 18.3. The average molecular weight is 333 g/mol. The lowest BCUT2D eigenvalue weighted by Crippen LogP contribution is -2.34. The second kappa shape index (κ2) is 14.1. The predicted molar refractivity (Wildman–Crippen MR) is 89.4 cm³/mol. The first-order valence-electron chi connectivity index (χ1n) is 7.35. The van der Waals surface area contributed by atoms with E-state index in [0.717, 1.165) is 5.71 Å². The van der Waals surface area contributed by atoms with Gasteiger partial charge in [-0.3, -0.25) is 4.79 Å². The molecule has 0 aliphatic carbocycles. The zero-order valence-corrected chi connectivity index (χ0v) is 15.0. The van der Waals surface area contributed by atoms with E-state index in [4.69, 9.17) is 9.84 Å². The number of aldehydes is 1. The molecule has 3 N–H and O–H groups in total. The molecular formula is C15H31N3O5. The van der Waals surface area contributed by atoms with E-state index in [9.17, 15) is 9.59 Å². The summed E-state index contributed by atoms with van der Waals surface area (Å²) >= 11 is 0. The zero-order valence-electron chi connectivity index (χ0n) is 15.0. The molecule has 1 unspecified atom stereocenters. The Balaban J connectivity index is 0. The number of carbonyl (C=O) groups excluding carboxylic acids is 2. The van der Waals surface area contributed by atoms with Crippen LogP contribution in [0, 0.1) is 5.41 Å². The van der Waals surface area contributed by atoms with Crippen LogP contribution in [0.5, 0.6) is 0 Å². The molecule has 8 nitrogen and oxygen atoms in total. The van der Waals surface area contributed by atoms with Crippen molar-refractivity contribution in [3.05, 3.63) is 0 Å². The normalized spacial score (nSPS) is 12.7. The Hall–Kier alpha value is -1.51. The number of hydrogen-bond acceptors (Lipinski definition) is 7. The van der Waals surface area contributed by atoms with Gasteiger partial charge in [0.1, 0.15) is 19.5 Å². The van der Waals surface area contributed by atoms with Crippen LogP contribution >= 0.6 is 0 Å². The fourth-order valence-corrected chi connectivity index (χ4v) is 1.38. The van der Waals surface area contributed by atoms with Crippen LogP contribution in [0.25, 0.3) is 0 Å². The quantitative estimate of drug-likeness (QED) is 0.294. The first-order chi connectivity index (χ1) is 10.7. The molecule has 0 saturated heterocycles. The Kier molecular flexibility index (Phi) is 14.6. The maximum absolute atomic E-state index is 11.1. The van der Waals surface area contributed by atoms with Crippen molar-refractivity contribution < 1.29 is 24.3 Å². The highest BCUT2D eigenvalue weighted by Gasteiger charge is 2.26. The van der Waals surface area contributed by atoms with Crippen LogP contribution in [-0.4, -0.2) is 70.1 Å². The molecule has 0 aromatic rings. The molecule has 23 heavy (non-hydrogen) atoms. The number of ether oxygens (including phenoxy) is 1. The van der Waals surface area contributed by atoms with E-state index in [-0.39, 0.29) is 5.91 Å². The van der Waals surface area contributed by atoms with E-state index < -0.39 is 11.5 Å². The van der Waals surface area contributed by atoms with Crippen LogP contribution in [0.1, 0.15) is 27.2 Å². The van der Waals surface area contributed by atoms with Gasteiger partial charge in [0.15, 0.2) is 0 Å². The standard InChI is InChI=1S/C8H17N3O2.C7H14O3/c1-7(11-13-3)6-10-8(12)4-5-9-2;1-7(2,5-10-3)6(9)4-8/h9H,4-6H2,1-3H3,(H,10,12);4,6,9H,5H2,1-3H3/b11-7+;. The van der Waals surface area contributed by atoms with E-state index in [0.29, 0.717) is 32.4 Å². The SMILES string of the molecule is CNCCC(=O)NC/C(C)=N/OC.COCC(C)(C)C(O)C=O. The third-order valence-corrected chi connectivity index (χ3v) is 2.84. The summed E-state index contributed by atoms with van der Waals surface area (Å²) in [6, 6.07) is 0. The third kappa shape index (κ3) is 13.8.